The molecule has 7 nitrogen and oxygen atoms in total. The van der Waals surface area contributed by atoms with Crippen LogP contribution in [0.2, 0.25) is 0 Å². The summed E-state index contributed by atoms with van der Waals surface area (Å²) in [5.41, 5.74) is 2.02. The van der Waals surface area contributed by atoms with Crippen LogP contribution < -0.4 is 25.4 Å². The second-order valence-corrected chi connectivity index (χ2v) is 6.60. The number of guanidine groups is 1. The molecule has 0 atom stereocenters. The number of aryl methyl sites for hydroxylation is 1. The van der Waals surface area contributed by atoms with Crippen molar-refractivity contribution in [3.05, 3.63) is 59.2 Å². The number of rotatable bonds is 10. The standard InChI is InChI=1S/C22H28F2N4O3/c1-4-25-22(28-14-17-13-15(2)5-10-19(17)31-21(23)24)27-12-11-26-20(29)16-6-8-18(30-3)9-7-16/h5-10,13,21H,4,11-12,14H2,1-3H3,(H,26,29)(H2,25,27,28). The fraction of sp³-hybridized carbons (Fsp3) is 0.364. The van der Waals surface area contributed by atoms with Crippen LogP contribution in [0.15, 0.2) is 47.5 Å². The maximum Gasteiger partial charge on any atom is 0.387 e. The second-order valence-electron chi connectivity index (χ2n) is 6.60. The van der Waals surface area contributed by atoms with Crippen LogP contribution in [0.4, 0.5) is 8.78 Å². The third kappa shape index (κ3) is 8.12. The number of amides is 1. The summed E-state index contributed by atoms with van der Waals surface area (Å²) >= 11 is 0. The lowest BCUT2D eigenvalue weighted by atomic mass is 10.1. The molecule has 0 bridgehead atoms. The number of methoxy groups -OCH3 is 1. The fourth-order valence-electron chi connectivity index (χ4n) is 2.75. The number of hydrogen-bond acceptors (Lipinski definition) is 4. The Morgan fingerprint density at radius 1 is 1.06 bits per heavy atom. The van der Waals surface area contributed by atoms with E-state index in [1.807, 2.05) is 13.8 Å². The Hall–Kier alpha value is -3.36. The summed E-state index contributed by atoms with van der Waals surface area (Å²) in [6.45, 7) is 2.48. The minimum Gasteiger partial charge on any atom is -0.497 e. The monoisotopic (exact) mass is 434 g/mol. The van der Waals surface area contributed by atoms with E-state index in [1.165, 1.54) is 6.07 Å². The Bertz CT molecular complexity index is 874. The van der Waals surface area contributed by atoms with Gasteiger partial charge in [-0.2, -0.15) is 8.78 Å². The van der Waals surface area contributed by atoms with Gasteiger partial charge in [0.2, 0.25) is 0 Å². The number of hydrogen-bond donors (Lipinski definition) is 3. The molecule has 0 spiro atoms. The van der Waals surface area contributed by atoms with Crippen molar-refractivity contribution in [1.82, 2.24) is 16.0 Å². The van der Waals surface area contributed by atoms with Crippen LogP contribution in [0, 0.1) is 6.92 Å². The molecule has 1 amide bonds. The van der Waals surface area contributed by atoms with Gasteiger partial charge in [-0.25, -0.2) is 4.99 Å². The number of alkyl halides is 2. The van der Waals surface area contributed by atoms with Gasteiger partial charge in [0.15, 0.2) is 5.96 Å². The molecule has 0 aliphatic rings. The number of aliphatic imine (C=N–C) groups is 1. The third-order valence-electron chi connectivity index (χ3n) is 4.24. The summed E-state index contributed by atoms with van der Waals surface area (Å²) < 4.78 is 34.9. The second kappa shape index (κ2) is 12.4. The predicted octanol–water partition coefficient (Wildman–Crippen LogP) is 3.09. The first-order valence-corrected chi connectivity index (χ1v) is 9.91. The quantitative estimate of drug-likeness (QED) is 0.304. The predicted molar refractivity (Wildman–Crippen MR) is 116 cm³/mol. The van der Waals surface area contributed by atoms with Crippen molar-refractivity contribution in [2.45, 2.75) is 27.0 Å². The summed E-state index contributed by atoms with van der Waals surface area (Å²) in [6.07, 6.45) is 0. The van der Waals surface area contributed by atoms with Crippen molar-refractivity contribution in [3.8, 4) is 11.5 Å². The zero-order chi connectivity index (χ0) is 22.6. The topological polar surface area (TPSA) is 84.0 Å². The molecular weight excluding hydrogens is 406 g/mol. The molecule has 2 aromatic rings. The first kappa shape index (κ1) is 23.9. The van der Waals surface area contributed by atoms with Gasteiger partial charge in [0.1, 0.15) is 11.5 Å². The van der Waals surface area contributed by atoms with Gasteiger partial charge in [-0.1, -0.05) is 17.7 Å². The highest BCUT2D eigenvalue weighted by Gasteiger charge is 2.10. The van der Waals surface area contributed by atoms with Gasteiger partial charge in [-0.05, 0) is 44.2 Å². The lowest BCUT2D eigenvalue weighted by molar-refractivity contribution is -0.0504. The van der Waals surface area contributed by atoms with E-state index in [1.54, 1.807) is 43.5 Å². The smallest absolute Gasteiger partial charge is 0.387 e. The highest BCUT2D eigenvalue weighted by Crippen LogP contribution is 2.22. The molecule has 0 saturated heterocycles. The summed E-state index contributed by atoms with van der Waals surface area (Å²) in [5.74, 6) is 1.10. The lowest BCUT2D eigenvalue weighted by Crippen LogP contribution is -2.41. The fourth-order valence-corrected chi connectivity index (χ4v) is 2.75. The van der Waals surface area contributed by atoms with Crippen LogP contribution in [0.5, 0.6) is 11.5 Å². The van der Waals surface area contributed by atoms with Crippen LogP contribution in [0.3, 0.4) is 0 Å². The summed E-state index contributed by atoms with van der Waals surface area (Å²) in [6, 6.07) is 11.8. The molecular formula is C22H28F2N4O3. The van der Waals surface area contributed by atoms with Crippen LogP contribution in [-0.4, -0.2) is 45.2 Å². The Morgan fingerprint density at radius 2 is 1.77 bits per heavy atom. The van der Waals surface area contributed by atoms with Crippen LogP contribution in [0.1, 0.15) is 28.4 Å². The van der Waals surface area contributed by atoms with E-state index in [2.05, 4.69) is 25.7 Å². The molecule has 0 fully saturated rings. The maximum atomic E-state index is 12.6. The van der Waals surface area contributed by atoms with Crippen LogP contribution in [0.25, 0.3) is 0 Å². The Labute approximate surface area is 180 Å². The first-order valence-electron chi connectivity index (χ1n) is 9.91. The van der Waals surface area contributed by atoms with E-state index < -0.39 is 6.61 Å². The molecule has 9 heteroatoms. The zero-order valence-corrected chi connectivity index (χ0v) is 17.9. The molecule has 0 saturated carbocycles. The molecule has 0 aliphatic heterocycles. The van der Waals surface area contributed by atoms with Gasteiger partial charge in [0.25, 0.3) is 5.91 Å². The van der Waals surface area contributed by atoms with E-state index in [4.69, 9.17) is 4.74 Å². The minimum atomic E-state index is -2.90. The maximum absolute atomic E-state index is 12.6. The average Bonchev–Trinajstić information content (AvgIpc) is 2.76. The molecule has 0 radical (unpaired) electrons. The molecule has 2 aromatic carbocycles. The van der Waals surface area contributed by atoms with Crippen LogP contribution in [-0.2, 0) is 6.54 Å². The van der Waals surface area contributed by atoms with E-state index >= 15 is 0 Å². The molecule has 31 heavy (non-hydrogen) atoms. The number of benzene rings is 2. The Kier molecular flexibility index (Phi) is 9.54. The van der Waals surface area contributed by atoms with E-state index in [9.17, 15) is 13.6 Å². The third-order valence-corrected chi connectivity index (χ3v) is 4.24. The largest absolute Gasteiger partial charge is 0.497 e. The van der Waals surface area contributed by atoms with Gasteiger partial charge >= 0.3 is 6.61 Å². The highest BCUT2D eigenvalue weighted by molar-refractivity contribution is 5.94. The molecule has 0 aromatic heterocycles. The van der Waals surface area contributed by atoms with Crippen molar-refractivity contribution in [1.29, 1.82) is 0 Å². The Morgan fingerprint density at radius 3 is 2.42 bits per heavy atom. The number of carbonyl (C=O) groups excluding carboxylic acids is 1. The molecule has 0 unspecified atom stereocenters. The summed E-state index contributed by atoms with van der Waals surface area (Å²) in [5, 5.41) is 9.01. The van der Waals surface area contributed by atoms with Gasteiger partial charge < -0.3 is 25.4 Å². The number of carbonyl (C=O) groups is 1. The molecule has 2 rings (SSSR count). The van der Waals surface area contributed by atoms with Crippen molar-refractivity contribution in [2.75, 3.05) is 26.7 Å². The minimum absolute atomic E-state index is 0.104. The van der Waals surface area contributed by atoms with E-state index in [0.717, 1.165) is 5.56 Å². The van der Waals surface area contributed by atoms with Crippen molar-refractivity contribution in [3.63, 3.8) is 0 Å². The van der Waals surface area contributed by atoms with Gasteiger partial charge in [0, 0.05) is 30.8 Å². The molecule has 0 aliphatic carbocycles. The SMILES string of the molecule is CCNC(=NCc1cc(C)ccc1OC(F)F)NCCNC(=O)c1ccc(OC)cc1. The zero-order valence-electron chi connectivity index (χ0n) is 17.9. The first-order chi connectivity index (χ1) is 14.9. The van der Waals surface area contributed by atoms with E-state index in [-0.39, 0.29) is 18.2 Å². The number of nitrogens with one attached hydrogen (secondary N) is 3. The van der Waals surface area contributed by atoms with E-state index in [0.29, 0.717) is 42.5 Å². The molecule has 0 heterocycles. The molecule has 3 N–H and O–H groups in total. The van der Waals surface area contributed by atoms with Gasteiger partial charge in [0.05, 0.1) is 13.7 Å². The van der Waals surface area contributed by atoms with Crippen molar-refractivity contribution in [2.24, 2.45) is 4.99 Å². The van der Waals surface area contributed by atoms with Gasteiger partial charge in [-0.3, -0.25) is 4.79 Å². The summed E-state index contributed by atoms with van der Waals surface area (Å²) in [4.78, 5) is 16.6. The number of ether oxygens (including phenoxy) is 2. The molecule has 168 valence electrons. The average molecular weight is 434 g/mol. The summed E-state index contributed by atoms with van der Waals surface area (Å²) in [7, 11) is 1.57. The van der Waals surface area contributed by atoms with Gasteiger partial charge in [-0.15, -0.1) is 0 Å². The number of nitrogens with zero attached hydrogens (tertiary/aromatic N) is 1. The van der Waals surface area contributed by atoms with Crippen molar-refractivity contribution < 1.29 is 23.0 Å². The van der Waals surface area contributed by atoms with Crippen molar-refractivity contribution >= 4 is 11.9 Å². The highest BCUT2D eigenvalue weighted by atomic mass is 19.3. The lowest BCUT2D eigenvalue weighted by Gasteiger charge is -2.13. The van der Waals surface area contributed by atoms with Crippen LogP contribution >= 0.6 is 0 Å². The Balaban J connectivity index is 1.90. The number of halogens is 2. The normalized spacial score (nSPS) is 11.2.